The van der Waals surface area contributed by atoms with E-state index in [9.17, 15) is 0 Å². The van der Waals surface area contributed by atoms with Gasteiger partial charge in [0.2, 0.25) is 0 Å². The maximum atomic E-state index is 2.43. The van der Waals surface area contributed by atoms with Crippen LogP contribution in [0.5, 0.6) is 0 Å². The summed E-state index contributed by atoms with van der Waals surface area (Å²) in [5.41, 5.74) is 3.54. The molecule has 0 amide bonds. The molecule has 6 aromatic carbocycles. The lowest BCUT2D eigenvalue weighted by molar-refractivity contribution is 1.31. The molecule has 0 bridgehead atoms. The van der Waals surface area contributed by atoms with Gasteiger partial charge in [-0.3, -0.25) is 0 Å². The zero-order chi connectivity index (χ0) is 24.3. The highest BCUT2D eigenvalue weighted by molar-refractivity contribution is 7.27. The molecule has 0 aliphatic rings. The second-order valence-corrected chi connectivity index (χ2v) is 11.5. The van der Waals surface area contributed by atoms with Crippen molar-refractivity contribution in [3.8, 4) is 0 Å². The summed E-state index contributed by atoms with van der Waals surface area (Å²) in [5, 5.41) is 7.86. The Morgan fingerprint density at radius 3 is 1.97 bits per heavy atom. The van der Waals surface area contributed by atoms with Crippen molar-refractivity contribution in [3.05, 3.63) is 127 Å². The number of rotatable bonds is 3. The van der Waals surface area contributed by atoms with E-state index in [1.165, 1.54) is 62.5 Å². The normalized spacial score (nSPS) is 11.8. The van der Waals surface area contributed by atoms with Gasteiger partial charge >= 0.3 is 0 Å². The molecule has 0 saturated carbocycles. The molecule has 0 spiro atoms. The standard InChI is InChI=1S/C34H21NS2/c1-2-10-23(11-3-1)35(24-18-20-32-28(21-24)26-13-5-6-15-30(26)36-32)29-14-8-9-22-17-19-27-25-12-4-7-16-31(25)37-34(27)33(22)29/h1-21H. The average Bonchev–Trinajstić information content (AvgIpc) is 3.52. The van der Waals surface area contributed by atoms with Crippen LogP contribution in [0.4, 0.5) is 17.1 Å². The highest BCUT2D eigenvalue weighted by Gasteiger charge is 2.19. The van der Waals surface area contributed by atoms with Crippen molar-refractivity contribution in [3.63, 3.8) is 0 Å². The molecule has 0 N–H and O–H groups in total. The van der Waals surface area contributed by atoms with Gasteiger partial charge in [0.05, 0.1) is 5.69 Å². The molecule has 0 atom stereocenters. The lowest BCUT2D eigenvalue weighted by Crippen LogP contribution is -2.10. The maximum absolute atomic E-state index is 2.43. The molecular formula is C34H21NS2. The first kappa shape index (κ1) is 21.0. The minimum atomic E-state index is 1.16. The number of benzene rings is 6. The third kappa shape index (κ3) is 3.21. The Hall–Kier alpha value is -4.18. The zero-order valence-corrected chi connectivity index (χ0v) is 21.5. The molecule has 2 heterocycles. The van der Waals surface area contributed by atoms with E-state index in [-0.39, 0.29) is 0 Å². The molecule has 0 fully saturated rings. The van der Waals surface area contributed by atoms with E-state index in [4.69, 9.17) is 0 Å². The Labute approximate surface area is 222 Å². The third-order valence-electron chi connectivity index (χ3n) is 7.24. The van der Waals surface area contributed by atoms with Gasteiger partial charge in [0, 0.05) is 57.1 Å². The van der Waals surface area contributed by atoms with Gasteiger partial charge < -0.3 is 4.90 Å². The first-order chi connectivity index (χ1) is 18.3. The zero-order valence-electron chi connectivity index (χ0n) is 19.9. The molecule has 37 heavy (non-hydrogen) atoms. The predicted octanol–water partition coefficient (Wildman–Crippen LogP) is 11.0. The van der Waals surface area contributed by atoms with Gasteiger partial charge in [0.15, 0.2) is 0 Å². The van der Waals surface area contributed by atoms with Crippen molar-refractivity contribution in [1.82, 2.24) is 0 Å². The predicted molar refractivity (Wildman–Crippen MR) is 164 cm³/mol. The van der Waals surface area contributed by atoms with Crippen molar-refractivity contribution in [1.29, 1.82) is 0 Å². The molecule has 2 aromatic heterocycles. The molecule has 1 nitrogen and oxygen atoms in total. The van der Waals surface area contributed by atoms with E-state index in [0.717, 1.165) is 5.69 Å². The van der Waals surface area contributed by atoms with Gasteiger partial charge in [0.1, 0.15) is 0 Å². The number of hydrogen-bond donors (Lipinski definition) is 0. The van der Waals surface area contributed by atoms with Crippen LogP contribution in [0.25, 0.3) is 51.1 Å². The van der Waals surface area contributed by atoms with Crippen LogP contribution in [-0.2, 0) is 0 Å². The van der Waals surface area contributed by atoms with E-state index >= 15 is 0 Å². The second-order valence-electron chi connectivity index (χ2n) is 9.37. The Morgan fingerprint density at radius 2 is 1.14 bits per heavy atom. The summed E-state index contributed by atoms with van der Waals surface area (Å²) in [6, 6.07) is 46.4. The molecule has 0 unspecified atom stereocenters. The molecule has 3 heteroatoms. The highest BCUT2D eigenvalue weighted by Crippen LogP contribution is 2.46. The van der Waals surface area contributed by atoms with Crippen molar-refractivity contribution in [2.75, 3.05) is 4.90 Å². The molecule has 174 valence electrons. The summed E-state index contributed by atoms with van der Waals surface area (Å²) in [5.74, 6) is 0. The number of fused-ring (bicyclic) bond motifs is 8. The lowest BCUT2D eigenvalue weighted by Gasteiger charge is -2.27. The van der Waals surface area contributed by atoms with Crippen LogP contribution in [0, 0.1) is 0 Å². The quantitative estimate of drug-likeness (QED) is 0.230. The summed E-state index contributed by atoms with van der Waals surface area (Å²) in [6.07, 6.45) is 0. The van der Waals surface area contributed by atoms with Crippen LogP contribution >= 0.6 is 22.7 Å². The van der Waals surface area contributed by atoms with Crippen LogP contribution < -0.4 is 4.90 Å². The molecule has 0 aliphatic heterocycles. The number of para-hydroxylation sites is 1. The Balaban J connectivity index is 1.46. The van der Waals surface area contributed by atoms with Crippen molar-refractivity contribution in [2.45, 2.75) is 0 Å². The Kier molecular flexibility index (Phi) is 4.63. The molecule has 8 rings (SSSR count). The average molecular weight is 508 g/mol. The topological polar surface area (TPSA) is 3.24 Å². The van der Waals surface area contributed by atoms with Crippen LogP contribution in [0.15, 0.2) is 127 Å². The Morgan fingerprint density at radius 1 is 0.432 bits per heavy atom. The molecular weight excluding hydrogens is 487 g/mol. The van der Waals surface area contributed by atoms with E-state index in [2.05, 4.69) is 132 Å². The van der Waals surface area contributed by atoms with Gasteiger partial charge in [-0.2, -0.15) is 0 Å². The second kappa shape index (κ2) is 8.17. The van der Waals surface area contributed by atoms with Crippen LogP contribution in [0.1, 0.15) is 0 Å². The van der Waals surface area contributed by atoms with Crippen molar-refractivity contribution in [2.24, 2.45) is 0 Å². The molecule has 0 aliphatic carbocycles. The van der Waals surface area contributed by atoms with Crippen molar-refractivity contribution < 1.29 is 0 Å². The van der Waals surface area contributed by atoms with Crippen LogP contribution in [-0.4, -0.2) is 0 Å². The summed E-state index contributed by atoms with van der Waals surface area (Å²) in [4.78, 5) is 2.43. The SMILES string of the molecule is c1ccc(N(c2ccc3sc4ccccc4c3c2)c2cccc3ccc4c5ccccc5sc4c23)cc1. The fourth-order valence-corrected chi connectivity index (χ4v) is 7.93. The summed E-state index contributed by atoms with van der Waals surface area (Å²) in [7, 11) is 0. The summed E-state index contributed by atoms with van der Waals surface area (Å²) >= 11 is 3.76. The van der Waals surface area contributed by atoms with Gasteiger partial charge in [-0.05, 0) is 53.9 Å². The number of thiophene rings is 2. The van der Waals surface area contributed by atoms with Gasteiger partial charge in [-0.25, -0.2) is 0 Å². The molecule has 0 saturated heterocycles. The fourth-order valence-electron chi connectivity index (χ4n) is 5.58. The highest BCUT2D eigenvalue weighted by atomic mass is 32.1. The maximum Gasteiger partial charge on any atom is 0.0554 e. The minimum Gasteiger partial charge on any atom is -0.310 e. The first-order valence-corrected chi connectivity index (χ1v) is 14.1. The smallest absolute Gasteiger partial charge is 0.0554 e. The van der Waals surface area contributed by atoms with E-state index < -0.39 is 0 Å². The van der Waals surface area contributed by atoms with E-state index in [1.807, 2.05) is 22.7 Å². The fraction of sp³-hybridized carbons (Fsp3) is 0. The largest absolute Gasteiger partial charge is 0.310 e. The Bertz CT molecular complexity index is 2100. The number of anilines is 3. The third-order valence-corrected chi connectivity index (χ3v) is 9.59. The molecule has 0 radical (unpaired) electrons. The van der Waals surface area contributed by atoms with E-state index in [1.54, 1.807) is 0 Å². The first-order valence-electron chi connectivity index (χ1n) is 12.4. The van der Waals surface area contributed by atoms with Crippen LogP contribution in [0.2, 0.25) is 0 Å². The van der Waals surface area contributed by atoms with E-state index in [0.29, 0.717) is 0 Å². The van der Waals surface area contributed by atoms with Gasteiger partial charge in [-0.15, -0.1) is 22.7 Å². The van der Waals surface area contributed by atoms with Crippen molar-refractivity contribution >= 4 is 90.9 Å². The number of nitrogens with zero attached hydrogens (tertiary/aromatic N) is 1. The summed E-state index contributed by atoms with van der Waals surface area (Å²) < 4.78 is 5.33. The van der Waals surface area contributed by atoms with Crippen LogP contribution in [0.3, 0.4) is 0 Å². The minimum absolute atomic E-state index is 1.16. The molecule has 8 aromatic rings. The monoisotopic (exact) mass is 507 g/mol. The van der Waals surface area contributed by atoms with Gasteiger partial charge in [0.25, 0.3) is 0 Å². The summed E-state index contributed by atoms with van der Waals surface area (Å²) in [6.45, 7) is 0. The lowest BCUT2D eigenvalue weighted by atomic mass is 10.0. The number of hydrogen-bond acceptors (Lipinski definition) is 3. The van der Waals surface area contributed by atoms with Gasteiger partial charge in [-0.1, -0.05) is 78.9 Å².